The molecule has 33 heavy (non-hydrogen) atoms. The van der Waals surface area contributed by atoms with Crippen LogP contribution in [0.1, 0.15) is 92.9 Å². The van der Waals surface area contributed by atoms with Gasteiger partial charge in [0, 0.05) is 5.41 Å². The molecular weight excluding hydrogens is 414 g/mol. The lowest BCUT2D eigenvalue weighted by Gasteiger charge is -2.37. The first kappa shape index (κ1) is 25.9. The highest BCUT2D eigenvalue weighted by atomic mass is 16.6. The molecule has 0 aromatic carbocycles. The van der Waals surface area contributed by atoms with E-state index in [4.69, 9.17) is 9.47 Å². The first-order chi connectivity index (χ1) is 15.6. The molecule has 0 aliphatic heterocycles. The van der Waals surface area contributed by atoms with E-state index in [2.05, 4.69) is 57.7 Å². The highest BCUT2D eigenvalue weighted by molar-refractivity contribution is 5.72. The summed E-state index contributed by atoms with van der Waals surface area (Å²) in [6.07, 6.45) is 14.8. The lowest BCUT2D eigenvalue weighted by Crippen LogP contribution is -2.38. The van der Waals surface area contributed by atoms with Crippen LogP contribution >= 0.6 is 0 Å². The summed E-state index contributed by atoms with van der Waals surface area (Å²) in [7, 11) is 0. The van der Waals surface area contributed by atoms with Crippen LogP contribution in [0.15, 0.2) is 18.7 Å². The Hall–Kier alpha value is -1.69. The standard InChI is InChI=1S/C27H45N3O3/c1-19(2)22-13-12-20(3)14-24(22)32-16-25(31)33-26(27(4,5)6)23(30-18-28-17-29-30)15-21-10-8-7-9-11-21/h15,17-22,24,26H,7-14,16H2,1-6H3/b23-15+. The summed E-state index contributed by atoms with van der Waals surface area (Å²) in [5, 5.41) is 4.40. The first-order valence-corrected chi connectivity index (χ1v) is 13.0. The van der Waals surface area contributed by atoms with Gasteiger partial charge in [0.15, 0.2) is 0 Å². The number of hydrogen-bond donors (Lipinski definition) is 0. The summed E-state index contributed by atoms with van der Waals surface area (Å²) in [6, 6.07) is 0. The summed E-state index contributed by atoms with van der Waals surface area (Å²) in [5.41, 5.74) is 0.619. The molecule has 2 saturated carbocycles. The molecule has 1 heterocycles. The topological polar surface area (TPSA) is 66.2 Å². The summed E-state index contributed by atoms with van der Waals surface area (Å²) >= 11 is 0. The van der Waals surface area contributed by atoms with Gasteiger partial charge in [-0.05, 0) is 49.4 Å². The Bertz CT molecular complexity index is 760. The zero-order valence-corrected chi connectivity index (χ0v) is 21.6. The van der Waals surface area contributed by atoms with Gasteiger partial charge in [-0.25, -0.2) is 14.5 Å². The summed E-state index contributed by atoms with van der Waals surface area (Å²) in [6.45, 7) is 13.1. The van der Waals surface area contributed by atoms with E-state index < -0.39 is 6.10 Å². The van der Waals surface area contributed by atoms with Crippen molar-refractivity contribution in [2.45, 2.75) is 105 Å². The van der Waals surface area contributed by atoms with Crippen LogP contribution in [0.5, 0.6) is 0 Å². The van der Waals surface area contributed by atoms with Gasteiger partial charge in [0.25, 0.3) is 0 Å². The van der Waals surface area contributed by atoms with Crippen molar-refractivity contribution in [3.8, 4) is 0 Å². The van der Waals surface area contributed by atoms with E-state index in [0.717, 1.165) is 12.1 Å². The van der Waals surface area contributed by atoms with Crippen molar-refractivity contribution >= 4 is 11.7 Å². The van der Waals surface area contributed by atoms with Crippen molar-refractivity contribution in [2.75, 3.05) is 6.61 Å². The van der Waals surface area contributed by atoms with E-state index in [9.17, 15) is 4.79 Å². The zero-order chi connectivity index (χ0) is 24.0. The summed E-state index contributed by atoms with van der Waals surface area (Å²) in [5.74, 6) is 1.88. The molecule has 3 rings (SSSR count). The maximum absolute atomic E-state index is 13.0. The average Bonchev–Trinajstić information content (AvgIpc) is 3.29. The van der Waals surface area contributed by atoms with E-state index in [1.165, 1.54) is 51.3 Å². The molecular formula is C27H45N3O3. The predicted molar refractivity (Wildman–Crippen MR) is 131 cm³/mol. The third-order valence-corrected chi connectivity index (χ3v) is 7.42. The van der Waals surface area contributed by atoms with Gasteiger partial charge >= 0.3 is 5.97 Å². The molecule has 0 spiro atoms. The molecule has 186 valence electrons. The van der Waals surface area contributed by atoms with Gasteiger partial charge in [-0.15, -0.1) is 0 Å². The third kappa shape index (κ3) is 7.40. The summed E-state index contributed by atoms with van der Waals surface area (Å²) < 4.78 is 14.1. The van der Waals surface area contributed by atoms with Crippen LogP contribution in [-0.4, -0.2) is 39.5 Å². The highest BCUT2D eigenvalue weighted by Gasteiger charge is 2.36. The summed E-state index contributed by atoms with van der Waals surface area (Å²) in [4.78, 5) is 17.2. The van der Waals surface area contributed by atoms with Crippen molar-refractivity contribution in [1.82, 2.24) is 14.8 Å². The fraction of sp³-hybridized carbons (Fsp3) is 0.815. The first-order valence-electron chi connectivity index (χ1n) is 13.0. The molecule has 2 aliphatic rings. The molecule has 4 atom stereocenters. The van der Waals surface area contributed by atoms with Crippen LogP contribution in [0, 0.1) is 29.1 Å². The Morgan fingerprint density at radius 3 is 2.48 bits per heavy atom. The monoisotopic (exact) mass is 459 g/mol. The normalized spacial score (nSPS) is 26.4. The molecule has 4 unspecified atom stereocenters. The number of rotatable bonds is 8. The molecule has 1 aromatic rings. The number of esters is 1. The molecule has 0 saturated heterocycles. The third-order valence-electron chi connectivity index (χ3n) is 7.42. The van der Waals surface area contributed by atoms with Gasteiger partial charge in [0.1, 0.15) is 25.4 Å². The minimum absolute atomic E-state index is 0.00124. The SMILES string of the molecule is CC1CCC(C(C)C)C(OCC(=O)OC(/C(=C\C2CCCCC2)n2cncn2)C(C)(C)C)C1. The molecule has 2 fully saturated rings. The molecule has 2 aliphatic carbocycles. The maximum Gasteiger partial charge on any atom is 0.332 e. The van der Waals surface area contributed by atoms with Crippen LogP contribution in [0.4, 0.5) is 0 Å². The Balaban J connectivity index is 1.73. The van der Waals surface area contributed by atoms with Gasteiger partial charge in [-0.1, -0.05) is 73.3 Å². The van der Waals surface area contributed by atoms with E-state index in [1.807, 2.05) is 0 Å². The second kappa shape index (κ2) is 11.6. The van der Waals surface area contributed by atoms with E-state index in [1.54, 1.807) is 11.0 Å². The van der Waals surface area contributed by atoms with Crippen molar-refractivity contribution < 1.29 is 14.3 Å². The van der Waals surface area contributed by atoms with Gasteiger partial charge in [-0.2, -0.15) is 5.10 Å². The smallest absolute Gasteiger partial charge is 0.332 e. The lowest BCUT2D eigenvalue weighted by molar-refractivity contribution is -0.161. The number of carbonyl (C=O) groups is 1. The van der Waals surface area contributed by atoms with Crippen molar-refractivity contribution in [2.24, 2.45) is 29.1 Å². The van der Waals surface area contributed by atoms with Crippen LogP contribution in [0.3, 0.4) is 0 Å². The van der Waals surface area contributed by atoms with Gasteiger partial charge in [0.05, 0.1) is 11.8 Å². The fourth-order valence-electron chi connectivity index (χ4n) is 5.50. The largest absolute Gasteiger partial charge is 0.454 e. The number of ether oxygens (including phenoxy) is 2. The molecule has 6 heteroatoms. The molecule has 0 amide bonds. The van der Waals surface area contributed by atoms with Crippen LogP contribution in [-0.2, 0) is 14.3 Å². The van der Waals surface area contributed by atoms with Gasteiger partial charge < -0.3 is 9.47 Å². The average molecular weight is 460 g/mol. The maximum atomic E-state index is 13.0. The number of carbonyl (C=O) groups excluding carboxylic acids is 1. The number of aromatic nitrogens is 3. The number of allylic oxidation sites excluding steroid dienone is 1. The Labute approximate surface area is 200 Å². The minimum Gasteiger partial charge on any atom is -0.454 e. The highest BCUT2D eigenvalue weighted by Crippen LogP contribution is 2.36. The quantitative estimate of drug-likeness (QED) is 0.437. The van der Waals surface area contributed by atoms with E-state index >= 15 is 0 Å². The zero-order valence-electron chi connectivity index (χ0n) is 21.6. The Morgan fingerprint density at radius 2 is 1.88 bits per heavy atom. The number of hydrogen-bond acceptors (Lipinski definition) is 5. The minimum atomic E-state index is -0.427. The molecule has 1 aromatic heterocycles. The second-order valence-electron chi connectivity index (χ2n) is 11.7. The molecule has 0 N–H and O–H groups in total. The van der Waals surface area contributed by atoms with Crippen molar-refractivity contribution in [3.05, 3.63) is 18.7 Å². The van der Waals surface area contributed by atoms with E-state index in [0.29, 0.717) is 23.7 Å². The van der Waals surface area contributed by atoms with Crippen molar-refractivity contribution in [1.29, 1.82) is 0 Å². The second-order valence-corrected chi connectivity index (χ2v) is 11.7. The molecule has 0 radical (unpaired) electrons. The van der Waals surface area contributed by atoms with E-state index in [-0.39, 0.29) is 24.1 Å². The lowest BCUT2D eigenvalue weighted by atomic mass is 9.75. The predicted octanol–water partition coefficient (Wildman–Crippen LogP) is 6.13. The molecule has 6 nitrogen and oxygen atoms in total. The van der Waals surface area contributed by atoms with Crippen LogP contribution in [0.2, 0.25) is 0 Å². The molecule has 0 bridgehead atoms. The van der Waals surface area contributed by atoms with Crippen LogP contribution < -0.4 is 0 Å². The Kier molecular flexibility index (Phi) is 9.14. The Morgan fingerprint density at radius 1 is 1.15 bits per heavy atom. The van der Waals surface area contributed by atoms with Gasteiger partial charge in [0.2, 0.25) is 0 Å². The van der Waals surface area contributed by atoms with Crippen LogP contribution in [0.25, 0.3) is 5.70 Å². The number of nitrogens with zero attached hydrogens (tertiary/aromatic N) is 3. The van der Waals surface area contributed by atoms with Gasteiger partial charge in [-0.3, -0.25) is 0 Å². The fourth-order valence-corrected chi connectivity index (χ4v) is 5.50. The van der Waals surface area contributed by atoms with Crippen molar-refractivity contribution in [3.63, 3.8) is 0 Å².